The third-order valence-corrected chi connectivity index (χ3v) is 2.90. The first-order valence-electron chi connectivity index (χ1n) is 6.36. The number of rotatable bonds is 4. The number of ether oxygens (including phenoxy) is 2. The molecule has 0 fully saturated rings. The van der Waals surface area contributed by atoms with Gasteiger partial charge >= 0.3 is 5.97 Å². The minimum atomic E-state index is -0.642. The molecule has 0 saturated heterocycles. The van der Waals surface area contributed by atoms with Crippen LogP contribution in [-0.2, 0) is 20.7 Å². The number of hydrogen-bond donors (Lipinski definition) is 1. The molecule has 2 rings (SSSR count). The molecule has 0 aliphatic carbocycles. The second kappa shape index (κ2) is 5.73. The molecule has 1 unspecified atom stereocenters. The van der Waals surface area contributed by atoms with Crippen LogP contribution >= 0.6 is 0 Å². The molecule has 0 aromatic heterocycles. The zero-order valence-corrected chi connectivity index (χ0v) is 11.1. The Morgan fingerprint density at radius 3 is 2.95 bits per heavy atom. The van der Waals surface area contributed by atoms with Gasteiger partial charge in [-0.05, 0) is 44.0 Å². The maximum atomic E-state index is 11.5. The molecule has 1 N–H and O–H groups in total. The molecule has 1 heterocycles. The molecule has 1 aliphatic heterocycles. The van der Waals surface area contributed by atoms with Crippen molar-refractivity contribution >= 4 is 17.6 Å². The topological polar surface area (TPSA) is 64.6 Å². The quantitative estimate of drug-likeness (QED) is 0.843. The summed E-state index contributed by atoms with van der Waals surface area (Å²) in [6.45, 7) is 3.74. The minimum Gasteiger partial charge on any atom is -0.479 e. The maximum Gasteiger partial charge on any atom is 0.347 e. The standard InChI is InChI=1S/C14H17NO4/c1-3-18-14(17)9(2)19-11-5-6-12-10(8-11)4-7-13(16)15-12/h5-6,8-9H,3-4,7H2,1-2H3,(H,15,16). The first kappa shape index (κ1) is 13.4. The SMILES string of the molecule is CCOC(=O)C(C)Oc1ccc2c(c1)CCC(=O)N2. The van der Waals surface area contributed by atoms with Gasteiger partial charge in [-0.15, -0.1) is 0 Å². The first-order chi connectivity index (χ1) is 9.10. The maximum absolute atomic E-state index is 11.5. The summed E-state index contributed by atoms with van der Waals surface area (Å²) < 4.78 is 10.4. The van der Waals surface area contributed by atoms with Gasteiger partial charge < -0.3 is 14.8 Å². The zero-order valence-electron chi connectivity index (χ0n) is 11.1. The summed E-state index contributed by atoms with van der Waals surface area (Å²) in [4.78, 5) is 22.7. The Labute approximate surface area is 111 Å². The van der Waals surface area contributed by atoms with E-state index in [9.17, 15) is 9.59 Å². The molecule has 1 aromatic rings. The largest absolute Gasteiger partial charge is 0.479 e. The van der Waals surface area contributed by atoms with Crippen molar-refractivity contribution in [1.82, 2.24) is 0 Å². The average molecular weight is 263 g/mol. The number of anilines is 1. The van der Waals surface area contributed by atoms with E-state index in [1.165, 1.54) is 0 Å². The number of benzene rings is 1. The summed E-state index contributed by atoms with van der Waals surface area (Å²) in [5.74, 6) is 0.255. The molecular weight excluding hydrogens is 246 g/mol. The molecule has 102 valence electrons. The van der Waals surface area contributed by atoms with Crippen LogP contribution in [0.1, 0.15) is 25.8 Å². The smallest absolute Gasteiger partial charge is 0.347 e. The van der Waals surface area contributed by atoms with Gasteiger partial charge in [-0.1, -0.05) is 0 Å². The summed E-state index contributed by atoms with van der Waals surface area (Å²) in [5.41, 5.74) is 1.83. The van der Waals surface area contributed by atoms with Crippen LogP contribution < -0.4 is 10.1 Å². The number of fused-ring (bicyclic) bond motifs is 1. The number of carbonyl (C=O) groups excluding carboxylic acids is 2. The Bertz CT molecular complexity index is 498. The molecule has 1 amide bonds. The average Bonchev–Trinajstić information content (AvgIpc) is 2.39. The van der Waals surface area contributed by atoms with E-state index in [-0.39, 0.29) is 11.9 Å². The minimum absolute atomic E-state index is 0.0288. The number of hydrogen-bond acceptors (Lipinski definition) is 4. The highest BCUT2D eigenvalue weighted by molar-refractivity contribution is 5.94. The van der Waals surface area contributed by atoms with Gasteiger partial charge in [0.25, 0.3) is 0 Å². The Morgan fingerprint density at radius 1 is 1.42 bits per heavy atom. The third kappa shape index (κ3) is 3.24. The van der Waals surface area contributed by atoms with Gasteiger partial charge in [0.1, 0.15) is 5.75 Å². The van der Waals surface area contributed by atoms with Gasteiger partial charge in [-0.2, -0.15) is 0 Å². The van der Waals surface area contributed by atoms with E-state index in [2.05, 4.69) is 5.32 Å². The molecule has 0 radical (unpaired) electrons. The fraction of sp³-hybridized carbons (Fsp3) is 0.429. The van der Waals surface area contributed by atoms with Gasteiger partial charge in [0.2, 0.25) is 5.91 Å². The monoisotopic (exact) mass is 263 g/mol. The highest BCUT2D eigenvalue weighted by Crippen LogP contribution is 2.27. The third-order valence-electron chi connectivity index (χ3n) is 2.90. The summed E-state index contributed by atoms with van der Waals surface area (Å²) in [6, 6.07) is 5.38. The summed E-state index contributed by atoms with van der Waals surface area (Å²) >= 11 is 0. The van der Waals surface area contributed by atoms with Gasteiger partial charge in [-0.25, -0.2) is 4.79 Å². The van der Waals surface area contributed by atoms with Crippen LogP contribution in [0, 0.1) is 0 Å². The summed E-state index contributed by atoms with van der Waals surface area (Å²) in [7, 11) is 0. The molecule has 0 saturated carbocycles. The lowest BCUT2D eigenvalue weighted by Gasteiger charge is -2.19. The second-order valence-electron chi connectivity index (χ2n) is 4.38. The van der Waals surface area contributed by atoms with Crippen LogP contribution in [-0.4, -0.2) is 24.6 Å². The van der Waals surface area contributed by atoms with E-state index < -0.39 is 6.10 Å². The van der Waals surface area contributed by atoms with E-state index >= 15 is 0 Å². The van der Waals surface area contributed by atoms with E-state index in [1.54, 1.807) is 26.0 Å². The van der Waals surface area contributed by atoms with Gasteiger partial charge in [-0.3, -0.25) is 4.79 Å². The molecule has 5 nitrogen and oxygen atoms in total. The van der Waals surface area contributed by atoms with Crippen molar-refractivity contribution in [2.75, 3.05) is 11.9 Å². The lowest BCUT2D eigenvalue weighted by atomic mass is 10.0. The highest BCUT2D eigenvalue weighted by atomic mass is 16.6. The molecule has 0 spiro atoms. The second-order valence-corrected chi connectivity index (χ2v) is 4.38. The molecule has 5 heteroatoms. The molecule has 1 aliphatic rings. The fourth-order valence-corrected chi connectivity index (χ4v) is 1.94. The van der Waals surface area contributed by atoms with Crippen LogP contribution in [0.4, 0.5) is 5.69 Å². The summed E-state index contributed by atoms with van der Waals surface area (Å²) in [5, 5.41) is 2.80. The van der Waals surface area contributed by atoms with Crippen molar-refractivity contribution in [2.45, 2.75) is 32.8 Å². The molecule has 1 aromatic carbocycles. The Balaban J connectivity index is 2.06. The van der Waals surface area contributed by atoms with Gasteiger partial charge in [0.15, 0.2) is 6.10 Å². The Morgan fingerprint density at radius 2 is 2.21 bits per heavy atom. The first-order valence-corrected chi connectivity index (χ1v) is 6.36. The predicted octanol–water partition coefficient (Wildman–Crippen LogP) is 1.90. The van der Waals surface area contributed by atoms with Crippen molar-refractivity contribution in [2.24, 2.45) is 0 Å². The van der Waals surface area contributed by atoms with Crippen LogP contribution in [0.3, 0.4) is 0 Å². The van der Waals surface area contributed by atoms with Crippen molar-refractivity contribution in [3.63, 3.8) is 0 Å². The van der Waals surface area contributed by atoms with Crippen molar-refractivity contribution in [1.29, 1.82) is 0 Å². The fourth-order valence-electron chi connectivity index (χ4n) is 1.94. The number of aryl methyl sites for hydroxylation is 1. The molecule has 0 bridgehead atoms. The zero-order chi connectivity index (χ0) is 13.8. The number of nitrogens with one attached hydrogen (secondary N) is 1. The molecular formula is C14H17NO4. The summed E-state index contributed by atoms with van der Waals surface area (Å²) in [6.07, 6.45) is 0.520. The number of carbonyl (C=O) groups is 2. The lowest BCUT2D eigenvalue weighted by Crippen LogP contribution is -2.26. The van der Waals surface area contributed by atoms with E-state index in [1.807, 2.05) is 6.07 Å². The van der Waals surface area contributed by atoms with Crippen molar-refractivity contribution < 1.29 is 19.1 Å². The molecule has 1 atom stereocenters. The van der Waals surface area contributed by atoms with Gasteiger partial charge in [0.05, 0.1) is 6.61 Å². The highest BCUT2D eigenvalue weighted by Gasteiger charge is 2.18. The van der Waals surface area contributed by atoms with Crippen LogP contribution in [0.5, 0.6) is 5.75 Å². The van der Waals surface area contributed by atoms with Crippen molar-refractivity contribution in [3.05, 3.63) is 23.8 Å². The van der Waals surface area contributed by atoms with Crippen LogP contribution in [0.25, 0.3) is 0 Å². The van der Waals surface area contributed by atoms with Crippen LogP contribution in [0.2, 0.25) is 0 Å². The lowest BCUT2D eigenvalue weighted by molar-refractivity contribution is -0.150. The van der Waals surface area contributed by atoms with Gasteiger partial charge in [0, 0.05) is 12.1 Å². The van der Waals surface area contributed by atoms with Crippen molar-refractivity contribution in [3.8, 4) is 5.75 Å². The predicted molar refractivity (Wildman–Crippen MR) is 70.1 cm³/mol. The Kier molecular flexibility index (Phi) is 4.04. The number of amides is 1. The van der Waals surface area contributed by atoms with E-state index in [0.29, 0.717) is 25.2 Å². The Hall–Kier alpha value is -2.04. The van der Waals surface area contributed by atoms with Crippen LogP contribution in [0.15, 0.2) is 18.2 Å². The number of esters is 1. The van der Waals surface area contributed by atoms with E-state index in [4.69, 9.17) is 9.47 Å². The molecule has 19 heavy (non-hydrogen) atoms. The van der Waals surface area contributed by atoms with E-state index in [0.717, 1.165) is 11.3 Å². The normalized spacial score (nSPS) is 15.2.